The number of nitrogens with one attached hydrogen (secondary N) is 1. The predicted octanol–water partition coefficient (Wildman–Crippen LogP) is 2.49. The Morgan fingerprint density at radius 2 is 1.75 bits per heavy atom. The van der Waals surface area contributed by atoms with E-state index in [1.807, 2.05) is 30.3 Å². The summed E-state index contributed by atoms with van der Waals surface area (Å²) in [6.45, 7) is 0. The van der Waals surface area contributed by atoms with Crippen molar-refractivity contribution in [3.8, 4) is 0 Å². The van der Waals surface area contributed by atoms with E-state index in [0.717, 1.165) is 29.8 Å². The quantitative estimate of drug-likeness (QED) is 0.747. The van der Waals surface area contributed by atoms with Gasteiger partial charge >= 0.3 is 5.97 Å². The zero-order valence-corrected chi connectivity index (χ0v) is 14.2. The summed E-state index contributed by atoms with van der Waals surface area (Å²) in [4.78, 5) is 11.1. The average molecular weight is 369 g/mol. The van der Waals surface area contributed by atoms with Crippen LogP contribution in [0, 0.1) is 5.82 Å². The molecular weight excluding hydrogens is 353 g/mol. The SMILES string of the molecule is O=C(O)[C@H](CSCc1ccccc1)NS(=O)(=O)c1ccc(F)cc1. The maximum absolute atomic E-state index is 12.9. The molecule has 2 N–H and O–H groups in total. The van der Waals surface area contributed by atoms with Gasteiger partial charge in [0.25, 0.3) is 0 Å². The van der Waals surface area contributed by atoms with Gasteiger partial charge in [-0.2, -0.15) is 16.5 Å². The van der Waals surface area contributed by atoms with Gasteiger partial charge in [-0.25, -0.2) is 12.8 Å². The van der Waals surface area contributed by atoms with Crippen molar-refractivity contribution < 1.29 is 22.7 Å². The van der Waals surface area contributed by atoms with Crippen molar-refractivity contribution in [2.24, 2.45) is 0 Å². The van der Waals surface area contributed by atoms with Crippen LogP contribution in [-0.4, -0.2) is 31.3 Å². The lowest BCUT2D eigenvalue weighted by Crippen LogP contribution is -2.42. The summed E-state index contributed by atoms with van der Waals surface area (Å²) < 4.78 is 39.4. The van der Waals surface area contributed by atoms with Crippen molar-refractivity contribution in [1.29, 1.82) is 0 Å². The molecule has 2 rings (SSSR count). The van der Waals surface area contributed by atoms with Gasteiger partial charge in [-0.1, -0.05) is 30.3 Å². The van der Waals surface area contributed by atoms with Crippen molar-refractivity contribution in [2.75, 3.05) is 5.75 Å². The number of carbonyl (C=O) groups is 1. The fourth-order valence-electron chi connectivity index (χ4n) is 1.89. The first-order valence-electron chi connectivity index (χ1n) is 7.01. The zero-order chi connectivity index (χ0) is 17.6. The van der Waals surface area contributed by atoms with Gasteiger partial charge in [0.2, 0.25) is 10.0 Å². The lowest BCUT2D eigenvalue weighted by atomic mass is 10.2. The molecular formula is C16H16FNO4S2. The molecule has 0 bridgehead atoms. The van der Waals surface area contributed by atoms with E-state index in [1.54, 1.807) is 0 Å². The number of rotatable bonds is 8. The van der Waals surface area contributed by atoms with E-state index < -0.39 is 27.9 Å². The van der Waals surface area contributed by atoms with Crippen molar-refractivity contribution in [2.45, 2.75) is 16.7 Å². The van der Waals surface area contributed by atoms with E-state index in [0.29, 0.717) is 5.75 Å². The minimum atomic E-state index is -4.03. The Bertz CT molecular complexity index is 779. The van der Waals surface area contributed by atoms with Crippen LogP contribution >= 0.6 is 11.8 Å². The summed E-state index contributed by atoms with van der Waals surface area (Å²) in [7, 11) is -4.03. The molecule has 0 aromatic heterocycles. The minimum absolute atomic E-state index is 0.0741. The minimum Gasteiger partial charge on any atom is -0.480 e. The first-order chi connectivity index (χ1) is 11.4. The summed E-state index contributed by atoms with van der Waals surface area (Å²) in [5.41, 5.74) is 1.02. The number of thioether (sulfide) groups is 1. The molecule has 5 nitrogen and oxygen atoms in total. The Balaban J connectivity index is 2.00. The van der Waals surface area contributed by atoms with Crippen LogP contribution in [0.5, 0.6) is 0 Å². The molecule has 8 heteroatoms. The molecule has 0 aliphatic carbocycles. The Labute approximate surface area is 144 Å². The highest BCUT2D eigenvalue weighted by Gasteiger charge is 2.25. The Morgan fingerprint density at radius 3 is 2.33 bits per heavy atom. The molecule has 128 valence electrons. The largest absolute Gasteiger partial charge is 0.480 e. The van der Waals surface area contributed by atoms with Gasteiger partial charge in [0.15, 0.2) is 0 Å². The Hall–Kier alpha value is -1.90. The number of aliphatic carboxylic acids is 1. The summed E-state index contributed by atoms with van der Waals surface area (Å²) in [5, 5.41) is 9.22. The van der Waals surface area contributed by atoms with Crippen LogP contribution in [0.15, 0.2) is 59.5 Å². The van der Waals surface area contributed by atoms with Crippen LogP contribution in [0.3, 0.4) is 0 Å². The van der Waals surface area contributed by atoms with Gasteiger partial charge in [-0.15, -0.1) is 0 Å². The van der Waals surface area contributed by atoms with Gasteiger partial charge in [-0.3, -0.25) is 4.79 Å². The van der Waals surface area contributed by atoms with Gasteiger partial charge < -0.3 is 5.11 Å². The second-order valence-corrected chi connectivity index (χ2v) is 7.71. The standard InChI is InChI=1S/C16H16FNO4S2/c17-13-6-8-14(9-7-13)24(21,22)18-15(16(19)20)11-23-10-12-4-2-1-3-5-12/h1-9,15,18H,10-11H2,(H,19,20)/t15-/m0/s1. The third-order valence-corrected chi connectivity index (χ3v) is 5.71. The molecule has 2 aromatic rings. The van der Waals surface area contributed by atoms with Crippen LogP contribution in [-0.2, 0) is 20.6 Å². The number of hydrogen-bond donors (Lipinski definition) is 2. The summed E-state index contributed by atoms with van der Waals surface area (Å²) >= 11 is 1.31. The van der Waals surface area contributed by atoms with Crippen LogP contribution < -0.4 is 4.72 Å². The van der Waals surface area contributed by atoms with Crippen LogP contribution in [0.4, 0.5) is 4.39 Å². The molecule has 0 amide bonds. The maximum atomic E-state index is 12.9. The monoisotopic (exact) mass is 369 g/mol. The lowest BCUT2D eigenvalue weighted by Gasteiger charge is -2.14. The predicted molar refractivity (Wildman–Crippen MR) is 90.7 cm³/mol. The number of carboxylic acid groups (broad SMARTS) is 1. The fourth-order valence-corrected chi connectivity index (χ4v) is 4.20. The Kier molecular flexibility index (Phi) is 6.36. The molecule has 1 atom stereocenters. The zero-order valence-electron chi connectivity index (χ0n) is 12.6. The van der Waals surface area contributed by atoms with E-state index in [4.69, 9.17) is 0 Å². The number of halogens is 1. The summed E-state index contributed by atoms with van der Waals surface area (Å²) in [6.07, 6.45) is 0. The first kappa shape index (κ1) is 18.4. The topological polar surface area (TPSA) is 83.5 Å². The number of sulfonamides is 1. The number of carboxylic acids is 1. The maximum Gasteiger partial charge on any atom is 0.322 e. The van der Waals surface area contributed by atoms with E-state index in [2.05, 4.69) is 4.72 Å². The smallest absolute Gasteiger partial charge is 0.322 e. The highest BCUT2D eigenvalue weighted by Crippen LogP contribution is 2.15. The third kappa shape index (κ3) is 5.33. The van der Waals surface area contributed by atoms with E-state index in [1.165, 1.54) is 11.8 Å². The molecule has 0 unspecified atom stereocenters. The van der Waals surface area contributed by atoms with Gasteiger partial charge in [0.05, 0.1) is 4.90 Å². The molecule has 0 radical (unpaired) electrons. The van der Waals surface area contributed by atoms with E-state index in [-0.39, 0.29) is 10.6 Å². The molecule has 0 heterocycles. The molecule has 24 heavy (non-hydrogen) atoms. The number of benzene rings is 2. The molecule has 0 saturated heterocycles. The fraction of sp³-hybridized carbons (Fsp3) is 0.188. The van der Waals surface area contributed by atoms with Crippen LogP contribution in [0.2, 0.25) is 0 Å². The average Bonchev–Trinajstić information content (AvgIpc) is 2.55. The highest BCUT2D eigenvalue weighted by molar-refractivity contribution is 7.98. The second-order valence-electron chi connectivity index (χ2n) is 4.97. The summed E-state index contributed by atoms with van der Waals surface area (Å²) in [5.74, 6) is -1.18. The van der Waals surface area contributed by atoms with Crippen molar-refractivity contribution >= 4 is 27.8 Å². The third-order valence-electron chi connectivity index (χ3n) is 3.12. The molecule has 0 fully saturated rings. The lowest BCUT2D eigenvalue weighted by molar-refractivity contribution is -0.138. The molecule has 0 spiro atoms. The highest BCUT2D eigenvalue weighted by atomic mass is 32.2. The summed E-state index contributed by atoms with van der Waals surface area (Å²) in [6, 6.07) is 12.4. The van der Waals surface area contributed by atoms with Gasteiger partial charge in [-0.05, 0) is 29.8 Å². The first-order valence-corrected chi connectivity index (χ1v) is 9.64. The Morgan fingerprint density at radius 1 is 1.12 bits per heavy atom. The number of hydrogen-bond acceptors (Lipinski definition) is 4. The van der Waals surface area contributed by atoms with Gasteiger partial charge in [0.1, 0.15) is 11.9 Å². The van der Waals surface area contributed by atoms with Crippen molar-refractivity contribution in [1.82, 2.24) is 4.72 Å². The van der Waals surface area contributed by atoms with Crippen molar-refractivity contribution in [3.05, 3.63) is 66.0 Å². The normalized spacial score (nSPS) is 12.7. The molecule has 0 aliphatic rings. The molecule has 0 aliphatic heterocycles. The van der Waals surface area contributed by atoms with E-state index in [9.17, 15) is 22.7 Å². The van der Waals surface area contributed by atoms with Crippen LogP contribution in [0.1, 0.15) is 5.56 Å². The van der Waals surface area contributed by atoms with Gasteiger partial charge in [0, 0.05) is 11.5 Å². The molecule has 0 saturated carbocycles. The second kappa shape index (κ2) is 8.27. The molecule has 2 aromatic carbocycles. The van der Waals surface area contributed by atoms with E-state index >= 15 is 0 Å². The van der Waals surface area contributed by atoms with Crippen molar-refractivity contribution in [3.63, 3.8) is 0 Å². The van der Waals surface area contributed by atoms with Crippen LogP contribution in [0.25, 0.3) is 0 Å².